The summed E-state index contributed by atoms with van der Waals surface area (Å²) in [6.07, 6.45) is 1.02. The van der Waals surface area contributed by atoms with Gasteiger partial charge in [0.05, 0.1) is 7.11 Å². The van der Waals surface area contributed by atoms with Gasteiger partial charge in [-0.3, -0.25) is 0 Å². The summed E-state index contributed by atoms with van der Waals surface area (Å²) in [5.74, 6) is 0.651. The van der Waals surface area contributed by atoms with Crippen LogP contribution in [0.4, 0.5) is 0 Å². The van der Waals surface area contributed by atoms with Crippen molar-refractivity contribution in [3.8, 4) is 11.5 Å². The Morgan fingerprint density at radius 3 is 2.56 bits per heavy atom. The zero-order chi connectivity index (χ0) is 13.0. The number of hydrogen-bond acceptors (Lipinski definition) is 5. The second-order valence-corrected chi connectivity index (χ2v) is 3.79. The van der Waals surface area contributed by atoms with Crippen LogP contribution in [0, 0.1) is 0 Å². The fourth-order valence-electron chi connectivity index (χ4n) is 1.52. The number of rotatable bonds is 4. The molecule has 1 aliphatic heterocycles. The molecule has 0 spiro atoms. The molecule has 0 N–H and O–H groups in total. The Hall–Kier alpha value is -1.85. The summed E-state index contributed by atoms with van der Waals surface area (Å²) in [5.41, 5.74) is 0. The third-order valence-electron chi connectivity index (χ3n) is 2.55. The van der Waals surface area contributed by atoms with Crippen molar-refractivity contribution in [1.82, 2.24) is 0 Å². The number of carbonyl (C=O) groups excluding carboxylic acids is 1. The third kappa shape index (κ3) is 2.88. The maximum absolute atomic E-state index is 11.7. The van der Waals surface area contributed by atoms with E-state index in [2.05, 4.69) is 6.58 Å². The Morgan fingerprint density at radius 2 is 2.00 bits per heavy atom. The topological polar surface area (TPSA) is 54.0 Å². The van der Waals surface area contributed by atoms with Gasteiger partial charge >= 0.3 is 5.97 Å². The Kier molecular flexibility index (Phi) is 3.96. The molecule has 0 radical (unpaired) electrons. The molecule has 0 aliphatic carbocycles. The average Bonchev–Trinajstić information content (AvgIpc) is 2.88. The first-order valence-corrected chi connectivity index (χ1v) is 5.53. The summed E-state index contributed by atoms with van der Waals surface area (Å²) < 4.78 is 10.2. The minimum atomic E-state index is -0.713. The summed E-state index contributed by atoms with van der Waals surface area (Å²) in [7, 11) is 1.57. The molecule has 2 rings (SSSR count). The van der Waals surface area contributed by atoms with E-state index >= 15 is 0 Å². The molecule has 1 saturated heterocycles. The first-order chi connectivity index (χ1) is 8.72. The zero-order valence-electron chi connectivity index (χ0n) is 10.00. The molecule has 1 aromatic carbocycles. The van der Waals surface area contributed by atoms with E-state index in [0.29, 0.717) is 17.9 Å². The number of methoxy groups -OCH3 is 1. The smallest absolute Gasteiger partial charge is 0.344 e. The molecule has 1 heterocycles. The van der Waals surface area contributed by atoms with Crippen molar-refractivity contribution >= 4 is 5.97 Å². The highest BCUT2D eigenvalue weighted by atomic mass is 17.2. The molecule has 96 valence electrons. The molecule has 1 fully saturated rings. The maximum Gasteiger partial charge on any atom is 0.344 e. The van der Waals surface area contributed by atoms with Gasteiger partial charge < -0.3 is 9.47 Å². The molecular weight excluding hydrogens is 236 g/mol. The normalized spacial score (nSPS) is 22.5. The van der Waals surface area contributed by atoms with Gasteiger partial charge in [-0.05, 0) is 24.3 Å². The fourth-order valence-corrected chi connectivity index (χ4v) is 1.52. The molecule has 0 amide bonds. The number of esters is 1. The van der Waals surface area contributed by atoms with Crippen LogP contribution in [0.15, 0.2) is 36.9 Å². The third-order valence-corrected chi connectivity index (χ3v) is 2.55. The van der Waals surface area contributed by atoms with Crippen LogP contribution in [0.5, 0.6) is 11.5 Å². The lowest BCUT2D eigenvalue weighted by Gasteiger charge is -2.07. The number of hydrogen-bond donors (Lipinski definition) is 0. The Bertz CT molecular complexity index is 426. The molecule has 0 aromatic heterocycles. The lowest BCUT2D eigenvalue weighted by atomic mass is 10.2. The molecule has 2 atom stereocenters. The van der Waals surface area contributed by atoms with E-state index in [1.54, 1.807) is 37.5 Å². The zero-order valence-corrected chi connectivity index (χ0v) is 10.00. The summed E-state index contributed by atoms with van der Waals surface area (Å²) in [5, 5.41) is 0. The van der Waals surface area contributed by atoms with Crippen LogP contribution in [-0.4, -0.2) is 25.3 Å². The van der Waals surface area contributed by atoms with Crippen molar-refractivity contribution in [2.24, 2.45) is 0 Å². The average molecular weight is 250 g/mol. The fraction of sp³-hybridized carbons (Fsp3) is 0.308. The van der Waals surface area contributed by atoms with E-state index in [9.17, 15) is 4.79 Å². The number of benzene rings is 1. The second kappa shape index (κ2) is 5.66. The van der Waals surface area contributed by atoms with Gasteiger partial charge in [-0.1, -0.05) is 6.08 Å². The minimum absolute atomic E-state index is 0.265. The summed E-state index contributed by atoms with van der Waals surface area (Å²) >= 11 is 0. The number of carbonyl (C=O) groups is 1. The van der Waals surface area contributed by atoms with Crippen LogP contribution in [0.2, 0.25) is 0 Å². The van der Waals surface area contributed by atoms with Gasteiger partial charge in [-0.2, -0.15) is 0 Å². The van der Waals surface area contributed by atoms with Gasteiger partial charge in [0.2, 0.25) is 0 Å². The van der Waals surface area contributed by atoms with E-state index in [1.165, 1.54) is 0 Å². The molecule has 18 heavy (non-hydrogen) atoms. The predicted molar refractivity (Wildman–Crippen MR) is 63.2 cm³/mol. The lowest BCUT2D eigenvalue weighted by molar-refractivity contribution is -0.285. The molecule has 5 heteroatoms. The van der Waals surface area contributed by atoms with E-state index in [1.807, 2.05) is 0 Å². The highest BCUT2D eigenvalue weighted by molar-refractivity contribution is 5.77. The molecule has 1 aromatic rings. The van der Waals surface area contributed by atoms with E-state index in [-0.39, 0.29) is 6.10 Å². The van der Waals surface area contributed by atoms with Crippen LogP contribution < -0.4 is 9.47 Å². The van der Waals surface area contributed by atoms with E-state index < -0.39 is 12.1 Å². The summed E-state index contributed by atoms with van der Waals surface area (Å²) in [4.78, 5) is 21.5. The Labute approximate surface area is 105 Å². The van der Waals surface area contributed by atoms with Crippen LogP contribution in [0.1, 0.15) is 6.42 Å². The van der Waals surface area contributed by atoms with E-state index in [0.717, 1.165) is 0 Å². The second-order valence-electron chi connectivity index (χ2n) is 3.79. The van der Waals surface area contributed by atoms with Crippen LogP contribution in [0.3, 0.4) is 0 Å². The number of ether oxygens (including phenoxy) is 2. The molecule has 0 bridgehead atoms. The Balaban J connectivity index is 1.92. The van der Waals surface area contributed by atoms with Crippen molar-refractivity contribution in [1.29, 1.82) is 0 Å². The van der Waals surface area contributed by atoms with Gasteiger partial charge in [0.1, 0.15) is 17.6 Å². The van der Waals surface area contributed by atoms with Gasteiger partial charge in [0, 0.05) is 6.42 Å². The molecule has 5 nitrogen and oxygen atoms in total. The largest absolute Gasteiger partial charge is 0.497 e. The molecule has 0 unspecified atom stereocenters. The van der Waals surface area contributed by atoms with Gasteiger partial charge in [0.15, 0.2) is 6.10 Å². The van der Waals surface area contributed by atoms with Crippen LogP contribution in [-0.2, 0) is 14.6 Å². The van der Waals surface area contributed by atoms with Crippen molar-refractivity contribution in [3.63, 3.8) is 0 Å². The monoisotopic (exact) mass is 250 g/mol. The molecular formula is C13H14O5. The summed E-state index contributed by atoms with van der Waals surface area (Å²) in [6.45, 7) is 3.57. The van der Waals surface area contributed by atoms with E-state index in [4.69, 9.17) is 19.2 Å². The van der Waals surface area contributed by atoms with Gasteiger partial charge in [0.25, 0.3) is 0 Å². The van der Waals surface area contributed by atoms with Gasteiger partial charge in [-0.25, -0.2) is 14.6 Å². The highest BCUT2D eigenvalue weighted by Crippen LogP contribution is 2.21. The predicted octanol–water partition coefficient (Wildman–Crippen LogP) is 1.88. The van der Waals surface area contributed by atoms with Crippen molar-refractivity contribution in [2.45, 2.75) is 18.6 Å². The van der Waals surface area contributed by atoms with Crippen molar-refractivity contribution in [3.05, 3.63) is 36.9 Å². The first-order valence-electron chi connectivity index (χ1n) is 5.53. The lowest BCUT2D eigenvalue weighted by Crippen LogP contribution is -2.25. The first kappa shape index (κ1) is 12.6. The Morgan fingerprint density at radius 1 is 1.33 bits per heavy atom. The molecule has 1 aliphatic rings. The standard InChI is InChI=1S/C13H14O5/c1-3-9-8-12(18-17-9)13(14)16-11-6-4-10(15-2)5-7-11/h3-7,9,12H,1,8H2,2H3/t9-,12+/m1/s1. The minimum Gasteiger partial charge on any atom is -0.497 e. The van der Waals surface area contributed by atoms with Crippen LogP contribution >= 0.6 is 0 Å². The van der Waals surface area contributed by atoms with Crippen LogP contribution in [0.25, 0.3) is 0 Å². The van der Waals surface area contributed by atoms with Gasteiger partial charge in [-0.15, -0.1) is 6.58 Å². The maximum atomic E-state index is 11.7. The summed E-state index contributed by atoms with van der Waals surface area (Å²) in [6, 6.07) is 6.72. The quantitative estimate of drug-likeness (QED) is 0.353. The van der Waals surface area contributed by atoms with Crippen molar-refractivity contribution in [2.75, 3.05) is 7.11 Å². The molecule has 0 saturated carbocycles. The highest BCUT2D eigenvalue weighted by Gasteiger charge is 2.32. The SMILES string of the molecule is C=C[C@@H]1C[C@@H](C(=O)Oc2ccc(OC)cc2)OO1. The van der Waals surface area contributed by atoms with Crippen molar-refractivity contribution < 1.29 is 24.0 Å².